The van der Waals surface area contributed by atoms with Gasteiger partial charge in [0.05, 0.1) is 0 Å². The minimum Gasteiger partial charge on any atom is -0.0845 e. The lowest BCUT2D eigenvalue weighted by molar-refractivity contribution is 0.490. The van der Waals surface area contributed by atoms with Crippen LogP contribution in [0.4, 0.5) is 0 Å². The highest BCUT2D eigenvalue weighted by atomic mass is 14.4. The Morgan fingerprint density at radius 2 is 2.00 bits per heavy atom. The molecule has 0 aromatic heterocycles. The van der Waals surface area contributed by atoms with E-state index in [1.807, 2.05) is 0 Å². The summed E-state index contributed by atoms with van der Waals surface area (Å²) in [6.45, 7) is 6.67. The third-order valence-corrected chi connectivity index (χ3v) is 3.22. The molecule has 1 aliphatic carbocycles. The van der Waals surface area contributed by atoms with Crippen molar-refractivity contribution in [2.24, 2.45) is 5.41 Å². The SMILES string of the molecule is C/C=C(\C=C/CC)CC1(CC)CC1. The van der Waals surface area contributed by atoms with Crippen molar-refractivity contribution in [3.8, 4) is 0 Å². The summed E-state index contributed by atoms with van der Waals surface area (Å²) in [7, 11) is 0. The van der Waals surface area contributed by atoms with Crippen molar-refractivity contribution in [2.75, 3.05) is 0 Å². The summed E-state index contributed by atoms with van der Waals surface area (Å²) in [5.41, 5.74) is 2.22. The summed E-state index contributed by atoms with van der Waals surface area (Å²) in [6.07, 6.45) is 13.5. The molecule has 74 valence electrons. The number of hydrogen-bond acceptors (Lipinski definition) is 0. The summed E-state index contributed by atoms with van der Waals surface area (Å²) in [6, 6.07) is 0. The van der Waals surface area contributed by atoms with Gasteiger partial charge in [-0.05, 0) is 38.0 Å². The van der Waals surface area contributed by atoms with Crippen LogP contribution in [-0.4, -0.2) is 0 Å². The predicted octanol–water partition coefficient (Wildman–Crippen LogP) is 4.48. The van der Waals surface area contributed by atoms with Crippen molar-refractivity contribution in [3.05, 3.63) is 23.8 Å². The quantitative estimate of drug-likeness (QED) is 0.544. The van der Waals surface area contributed by atoms with Gasteiger partial charge in [-0.15, -0.1) is 0 Å². The standard InChI is InChI=1S/C13H22/c1-4-7-8-12(5-2)11-13(6-3)9-10-13/h5,7-8H,4,6,9-11H2,1-3H3/b8-7-,12-5+. The normalized spacial score (nSPS) is 21.0. The highest BCUT2D eigenvalue weighted by Crippen LogP contribution is 2.53. The van der Waals surface area contributed by atoms with Crippen LogP contribution in [0.5, 0.6) is 0 Å². The molecule has 0 amide bonds. The largest absolute Gasteiger partial charge is 0.0845 e. The smallest absolute Gasteiger partial charge is 0.0225 e. The van der Waals surface area contributed by atoms with Crippen LogP contribution in [0, 0.1) is 5.41 Å². The lowest BCUT2D eigenvalue weighted by atomic mass is 9.93. The van der Waals surface area contributed by atoms with E-state index < -0.39 is 0 Å². The molecule has 1 rings (SSSR count). The molecule has 0 aromatic carbocycles. The van der Waals surface area contributed by atoms with Gasteiger partial charge in [0.15, 0.2) is 0 Å². The van der Waals surface area contributed by atoms with Crippen molar-refractivity contribution >= 4 is 0 Å². The van der Waals surface area contributed by atoms with E-state index in [0.29, 0.717) is 5.41 Å². The van der Waals surface area contributed by atoms with E-state index >= 15 is 0 Å². The third kappa shape index (κ3) is 3.02. The molecule has 0 heterocycles. The van der Waals surface area contributed by atoms with Crippen molar-refractivity contribution in [3.63, 3.8) is 0 Å². The highest BCUT2D eigenvalue weighted by molar-refractivity contribution is 5.21. The van der Waals surface area contributed by atoms with E-state index in [0.717, 1.165) is 6.42 Å². The molecular weight excluding hydrogens is 156 g/mol. The average molecular weight is 178 g/mol. The van der Waals surface area contributed by atoms with Crippen molar-refractivity contribution in [1.82, 2.24) is 0 Å². The second kappa shape index (κ2) is 4.64. The van der Waals surface area contributed by atoms with E-state index in [4.69, 9.17) is 0 Å². The van der Waals surface area contributed by atoms with Crippen LogP contribution >= 0.6 is 0 Å². The zero-order valence-electron chi connectivity index (χ0n) is 9.27. The molecule has 0 bridgehead atoms. The van der Waals surface area contributed by atoms with Gasteiger partial charge in [-0.25, -0.2) is 0 Å². The second-order valence-corrected chi connectivity index (χ2v) is 4.20. The molecule has 0 radical (unpaired) electrons. The fourth-order valence-corrected chi connectivity index (χ4v) is 1.79. The number of rotatable bonds is 5. The van der Waals surface area contributed by atoms with E-state index in [-0.39, 0.29) is 0 Å². The van der Waals surface area contributed by atoms with E-state index in [1.165, 1.54) is 31.3 Å². The summed E-state index contributed by atoms with van der Waals surface area (Å²) < 4.78 is 0. The van der Waals surface area contributed by atoms with E-state index in [9.17, 15) is 0 Å². The Morgan fingerprint density at radius 3 is 2.38 bits per heavy atom. The van der Waals surface area contributed by atoms with Gasteiger partial charge in [-0.1, -0.05) is 44.1 Å². The van der Waals surface area contributed by atoms with Crippen LogP contribution in [0.1, 0.15) is 52.9 Å². The van der Waals surface area contributed by atoms with Gasteiger partial charge < -0.3 is 0 Å². The molecule has 0 heteroatoms. The predicted molar refractivity (Wildman–Crippen MR) is 59.8 cm³/mol. The minimum atomic E-state index is 0.694. The third-order valence-electron chi connectivity index (χ3n) is 3.22. The van der Waals surface area contributed by atoms with Gasteiger partial charge in [-0.2, -0.15) is 0 Å². The van der Waals surface area contributed by atoms with Gasteiger partial charge >= 0.3 is 0 Å². The summed E-state index contributed by atoms with van der Waals surface area (Å²) >= 11 is 0. The molecule has 0 aliphatic heterocycles. The zero-order valence-corrected chi connectivity index (χ0v) is 9.27. The molecule has 0 N–H and O–H groups in total. The molecule has 1 aliphatic rings. The first-order valence-corrected chi connectivity index (χ1v) is 5.58. The molecule has 1 saturated carbocycles. The van der Waals surface area contributed by atoms with Gasteiger partial charge in [0, 0.05) is 0 Å². The van der Waals surface area contributed by atoms with Crippen LogP contribution in [0.3, 0.4) is 0 Å². The Morgan fingerprint density at radius 1 is 1.31 bits per heavy atom. The summed E-state index contributed by atoms with van der Waals surface area (Å²) in [4.78, 5) is 0. The molecule has 0 aromatic rings. The summed E-state index contributed by atoms with van der Waals surface area (Å²) in [5.74, 6) is 0. The molecule has 1 fully saturated rings. The topological polar surface area (TPSA) is 0 Å². The van der Waals surface area contributed by atoms with Crippen LogP contribution in [-0.2, 0) is 0 Å². The molecule has 13 heavy (non-hydrogen) atoms. The maximum absolute atomic E-state index is 2.32. The Balaban J connectivity index is 2.45. The lowest BCUT2D eigenvalue weighted by Crippen LogP contribution is -1.98. The van der Waals surface area contributed by atoms with Crippen LogP contribution in [0.15, 0.2) is 23.8 Å². The maximum Gasteiger partial charge on any atom is -0.0225 e. The highest BCUT2D eigenvalue weighted by Gasteiger charge is 2.40. The van der Waals surface area contributed by atoms with Gasteiger partial charge in [-0.3, -0.25) is 0 Å². The van der Waals surface area contributed by atoms with Crippen LogP contribution in [0.2, 0.25) is 0 Å². The Hall–Kier alpha value is -0.520. The molecule has 0 nitrogen and oxygen atoms in total. The number of allylic oxidation sites excluding steroid dienone is 4. The Bertz CT molecular complexity index is 204. The molecule has 0 spiro atoms. The van der Waals surface area contributed by atoms with Crippen LogP contribution in [0.25, 0.3) is 0 Å². The van der Waals surface area contributed by atoms with Crippen LogP contribution < -0.4 is 0 Å². The average Bonchev–Trinajstić information content (AvgIpc) is 2.93. The van der Waals surface area contributed by atoms with Crippen molar-refractivity contribution in [2.45, 2.75) is 52.9 Å². The fourth-order valence-electron chi connectivity index (χ4n) is 1.79. The Kier molecular flexibility index (Phi) is 3.77. The lowest BCUT2D eigenvalue weighted by Gasteiger charge is -2.12. The van der Waals surface area contributed by atoms with E-state index in [1.54, 1.807) is 0 Å². The maximum atomic E-state index is 2.32. The zero-order chi connectivity index (χ0) is 9.73. The monoisotopic (exact) mass is 178 g/mol. The first-order valence-electron chi connectivity index (χ1n) is 5.58. The first kappa shape index (κ1) is 10.6. The fraction of sp³-hybridized carbons (Fsp3) is 0.692. The molecule has 0 unspecified atom stereocenters. The van der Waals surface area contributed by atoms with E-state index in [2.05, 4.69) is 39.0 Å². The molecular formula is C13H22. The second-order valence-electron chi connectivity index (χ2n) is 4.20. The van der Waals surface area contributed by atoms with Gasteiger partial charge in [0.2, 0.25) is 0 Å². The minimum absolute atomic E-state index is 0.694. The van der Waals surface area contributed by atoms with Crippen molar-refractivity contribution in [1.29, 1.82) is 0 Å². The molecule has 0 saturated heterocycles. The summed E-state index contributed by atoms with van der Waals surface area (Å²) in [5, 5.41) is 0. The van der Waals surface area contributed by atoms with Gasteiger partial charge in [0.1, 0.15) is 0 Å². The Labute approximate surface area is 82.7 Å². The molecule has 0 atom stereocenters. The van der Waals surface area contributed by atoms with Gasteiger partial charge in [0.25, 0.3) is 0 Å². The number of hydrogen-bond donors (Lipinski definition) is 0. The first-order chi connectivity index (χ1) is 6.26. The van der Waals surface area contributed by atoms with Crippen molar-refractivity contribution < 1.29 is 0 Å².